The van der Waals surface area contributed by atoms with Gasteiger partial charge >= 0.3 is 0 Å². The van der Waals surface area contributed by atoms with Crippen molar-refractivity contribution in [3.8, 4) is 17.6 Å². The molecule has 4 rings (SSSR count). The standard InChI is InChI=1S/C28H20ClFN2O3/c1-34-26-15-19(13-22(16-31)28(33)32-25-9-5-4-8-24(25)30)14-23(29)27(26)35-17-18-10-11-20-6-2-3-7-21(20)12-18/h2-15H,17H2,1H3,(H,32,33)/b22-13-. The molecule has 4 aromatic rings. The van der Waals surface area contributed by atoms with E-state index >= 15 is 0 Å². The van der Waals surface area contributed by atoms with Crippen LogP contribution in [0.25, 0.3) is 16.8 Å². The number of rotatable bonds is 7. The third-order valence-electron chi connectivity index (χ3n) is 5.25. The molecule has 0 aromatic heterocycles. The molecule has 0 aliphatic heterocycles. The fraction of sp³-hybridized carbons (Fsp3) is 0.0714. The number of anilines is 1. The van der Waals surface area contributed by atoms with Gasteiger partial charge in [-0.15, -0.1) is 0 Å². The summed E-state index contributed by atoms with van der Waals surface area (Å²) in [6.45, 7) is 0.268. The zero-order valence-corrected chi connectivity index (χ0v) is 19.5. The van der Waals surface area contributed by atoms with Crippen molar-refractivity contribution in [3.05, 3.63) is 106 Å². The highest BCUT2D eigenvalue weighted by molar-refractivity contribution is 6.32. The molecular formula is C28H20ClFN2O3. The minimum absolute atomic E-state index is 0.0216. The molecule has 0 heterocycles. The first kappa shape index (κ1) is 23.8. The Kier molecular flexibility index (Phi) is 7.30. The van der Waals surface area contributed by atoms with E-state index in [1.54, 1.807) is 18.2 Å². The topological polar surface area (TPSA) is 71.3 Å². The van der Waals surface area contributed by atoms with Crippen molar-refractivity contribution in [2.45, 2.75) is 6.61 Å². The van der Waals surface area contributed by atoms with E-state index in [0.717, 1.165) is 16.3 Å². The van der Waals surface area contributed by atoms with E-state index in [2.05, 4.69) is 5.32 Å². The van der Waals surface area contributed by atoms with Gasteiger partial charge in [-0.05, 0) is 58.3 Å². The molecule has 0 atom stereocenters. The van der Waals surface area contributed by atoms with Crippen LogP contribution >= 0.6 is 11.6 Å². The number of para-hydroxylation sites is 1. The van der Waals surface area contributed by atoms with Crippen LogP contribution in [0.3, 0.4) is 0 Å². The Morgan fingerprint density at radius 2 is 1.80 bits per heavy atom. The SMILES string of the molecule is COc1cc(/C=C(/C#N)C(=O)Nc2ccccc2F)cc(Cl)c1OCc1ccc2ccccc2c1. The second kappa shape index (κ2) is 10.7. The molecule has 1 amide bonds. The molecule has 0 saturated heterocycles. The minimum Gasteiger partial charge on any atom is -0.493 e. The Balaban J connectivity index is 1.55. The quantitative estimate of drug-likeness (QED) is 0.231. The Labute approximate surface area is 207 Å². The van der Waals surface area contributed by atoms with Crippen molar-refractivity contribution >= 4 is 40.0 Å². The third-order valence-corrected chi connectivity index (χ3v) is 5.53. The molecule has 7 heteroatoms. The highest BCUT2D eigenvalue weighted by Crippen LogP contribution is 2.37. The Morgan fingerprint density at radius 1 is 1.06 bits per heavy atom. The lowest BCUT2D eigenvalue weighted by Gasteiger charge is -2.14. The van der Waals surface area contributed by atoms with Gasteiger partial charge < -0.3 is 14.8 Å². The number of ether oxygens (including phenoxy) is 2. The maximum Gasteiger partial charge on any atom is 0.266 e. The van der Waals surface area contributed by atoms with Gasteiger partial charge in [-0.3, -0.25) is 4.79 Å². The first-order valence-electron chi connectivity index (χ1n) is 10.6. The second-order valence-corrected chi connectivity index (χ2v) is 8.02. The molecule has 35 heavy (non-hydrogen) atoms. The summed E-state index contributed by atoms with van der Waals surface area (Å²) in [5, 5.41) is 14.4. The van der Waals surface area contributed by atoms with Gasteiger partial charge in [0.25, 0.3) is 5.91 Å². The predicted octanol–water partition coefficient (Wildman–Crippen LogP) is 6.77. The number of nitrogens with one attached hydrogen (secondary N) is 1. The summed E-state index contributed by atoms with van der Waals surface area (Å²) in [6.07, 6.45) is 1.34. The molecule has 0 aliphatic carbocycles. The maximum atomic E-state index is 13.8. The molecule has 174 valence electrons. The number of fused-ring (bicyclic) bond motifs is 1. The second-order valence-electron chi connectivity index (χ2n) is 7.61. The van der Waals surface area contributed by atoms with Crippen LogP contribution in [0.2, 0.25) is 5.02 Å². The van der Waals surface area contributed by atoms with Crippen molar-refractivity contribution < 1.29 is 18.7 Å². The predicted molar refractivity (Wildman–Crippen MR) is 135 cm³/mol. The molecule has 5 nitrogen and oxygen atoms in total. The maximum absolute atomic E-state index is 13.8. The van der Waals surface area contributed by atoms with Crippen molar-refractivity contribution in [3.63, 3.8) is 0 Å². The Hall–Kier alpha value is -4.34. The van der Waals surface area contributed by atoms with Crippen LogP contribution in [-0.4, -0.2) is 13.0 Å². The van der Waals surface area contributed by atoms with Gasteiger partial charge in [0.2, 0.25) is 0 Å². The van der Waals surface area contributed by atoms with Crippen LogP contribution in [0.1, 0.15) is 11.1 Å². The van der Waals surface area contributed by atoms with Crippen LogP contribution in [0.5, 0.6) is 11.5 Å². The molecule has 0 spiro atoms. The van der Waals surface area contributed by atoms with E-state index < -0.39 is 11.7 Å². The fourth-order valence-corrected chi connectivity index (χ4v) is 3.79. The number of nitrogens with zero attached hydrogens (tertiary/aromatic N) is 1. The highest BCUT2D eigenvalue weighted by atomic mass is 35.5. The number of nitriles is 1. The van der Waals surface area contributed by atoms with Gasteiger partial charge in [-0.1, -0.05) is 60.1 Å². The summed E-state index contributed by atoms with van der Waals surface area (Å²) in [4.78, 5) is 12.5. The number of halogens is 2. The molecule has 0 unspecified atom stereocenters. The van der Waals surface area contributed by atoms with Gasteiger partial charge in [-0.25, -0.2) is 4.39 Å². The molecule has 4 aromatic carbocycles. The zero-order chi connectivity index (χ0) is 24.8. The zero-order valence-electron chi connectivity index (χ0n) is 18.7. The number of amides is 1. The summed E-state index contributed by atoms with van der Waals surface area (Å²) < 4.78 is 25.2. The van der Waals surface area contributed by atoms with E-state index in [-0.39, 0.29) is 22.9 Å². The normalized spacial score (nSPS) is 11.1. The highest BCUT2D eigenvalue weighted by Gasteiger charge is 2.15. The van der Waals surface area contributed by atoms with Crippen LogP contribution in [-0.2, 0) is 11.4 Å². The average molecular weight is 487 g/mol. The van der Waals surface area contributed by atoms with E-state index in [1.165, 1.54) is 31.4 Å². The first-order chi connectivity index (χ1) is 17.0. The van der Waals surface area contributed by atoms with Crippen LogP contribution in [0.4, 0.5) is 10.1 Å². The molecule has 0 aliphatic rings. The summed E-state index contributed by atoms with van der Waals surface area (Å²) >= 11 is 6.46. The van der Waals surface area contributed by atoms with Crippen LogP contribution in [0, 0.1) is 17.1 Å². The molecule has 1 N–H and O–H groups in total. The molecule has 0 radical (unpaired) electrons. The van der Waals surface area contributed by atoms with Gasteiger partial charge in [0, 0.05) is 0 Å². The average Bonchev–Trinajstić information content (AvgIpc) is 2.87. The lowest BCUT2D eigenvalue weighted by Crippen LogP contribution is -2.14. The number of hydrogen-bond acceptors (Lipinski definition) is 4. The fourth-order valence-electron chi connectivity index (χ4n) is 3.51. The molecule has 0 bridgehead atoms. The van der Waals surface area contributed by atoms with E-state index in [4.69, 9.17) is 21.1 Å². The lowest BCUT2D eigenvalue weighted by molar-refractivity contribution is -0.112. The smallest absolute Gasteiger partial charge is 0.266 e. The number of benzene rings is 4. The van der Waals surface area contributed by atoms with Gasteiger partial charge in [0.15, 0.2) is 11.5 Å². The van der Waals surface area contributed by atoms with Crippen molar-refractivity contribution in [1.82, 2.24) is 0 Å². The largest absolute Gasteiger partial charge is 0.493 e. The van der Waals surface area contributed by atoms with E-state index in [1.807, 2.05) is 48.5 Å². The molecular weight excluding hydrogens is 467 g/mol. The summed E-state index contributed by atoms with van der Waals surface area (Å²) in [5.74, 6) is -0.662. The summed E-state index contributed by atoms with van der Waals surface area (Å²) in [5.41, 5.74) is 1.16. The summed E-state index contributed by atoms with van der Waals surface area (Å²) in [7, 11) is 1.47. The van der Waals surface area contributed by atoms with Crippen LogP contribution < -0.4 is 14.8 Å². The van der Waals surface area contributed by atoms with Gasteiger partial charge in [0.05, 0.1) is 17.8 Å². The molecule has 0 fully saturated rings. The van der Waals surface area contributed by atoms with Crippen molar-refractivity contribution in [2.24, 2.45) is 0 Å². The van der Waals surface area contributed by atoms with E-state index in [9.17, 15) is 14.4 Å². The Morgan fingerprint density at radius 3 is 2.54 bits per heavy atom. The monoisotopic (exact) mass is 486 g/mol. The number of carbonyl (C=O) groups is 1. The summed E-state index contributed by atoms with van der Waals surface area (Å²) in [6, 6.07) is 24.8. The number of hydrogen-bond donors (Lipinski definition) is 1. The number of methoxy groups -OCH3 is 1. The molecule has 0 saturated carbocycles. The van der Waals surface area contributed by atoms with Crippen molar-refractivity contribution in [1.29, 1.82) is 5.26 Å². The minimum atomic E-state index is -0.746. The third kappa shape index (κ3) is 5.60. The van der Waals surface area contributed by atoms with Gasteiger partial charge in [0.1, 0.15) is 24.1 Å². The van der Waals surface area contributed by atoms with Crippen molar-refractivity contribution in [2.75, 3.05) is 12.4 Å². The van der Waals surface area contributed by atoms with Crippen LogP contribution in [0.15, 0.2) is 84.4 Å². The number of carbonyl (C=O) groups excluding carboxylic acids is 1. The van der Waals surface area contributed by atoms with Gasteiger partial charge in [-0.2, -0.15) is 5.26 Å². The lowest BCUT2D eigenvalue weighted by atomic mass is 10.1. The van der Waals surface area contributed by atoms with E-state index in [0.29, 0.717) is 17.1 Å². The first-order valence-corrected chi connectivity index (χ1v) is 11.0. The Bertz CT molecular complexity index is 1480.